The molecule has 1 unspecified atom stereocenters. The number of nitrogens with one attached hydrogen (secondary N) is 1. The third-order valence-electron chi connectivity index (χ3n) is 2.83. The SMILES string of the molecule is Cc1ccc(NC(=O)C(CN)C(C)C)cc1Cl. The summed E-state index contributed by atoms with van der Waals surface area (Å²) < 4.78 is 0. The van der Waals surface area contributed by atoms with Crippen LogP contribution in [0.3, 0.4) is 0 Å². The maximum absolute atomic E-state index is 11.9. The first-order valence-electron chi connectivity index (χ1n) is 5.72. The highest BCUT2D eigenvalue weighted by Gasteiger charge is 2.20. The smallest absolute Gasteiger partial charge is 0.229 e. The van der Waals surface area contributed by atoms with Crippen LogP contribution in [0.1, 0.15) is 19.4 Å². The number of benzene rings is 1. The molecule has 17 heavy (non-hydrogen) atoms. The molecule has 0 spiro atoms. The lowest BCUT2D eigenvalue weighted by Gasteiger charge is -2.18. The summed E-state index contributed by atoms with van der Waals surface area (Å²) in [6, 6.07) is 5.47. The van der Waals surface area contributed by atoms with E-state index in [0.29, 0.717) is 17.3 Å². The van der Waals surface area contributed by atoms with Crippen molar-refractivity contribution >= 4 is 23.2 Å². The highest BCUT2D eigenvalue weighted by molar-refractivity contribution is 6.31. The van der Waals surface area contributed by atoms with Gasteiger partial charge in [0.15, 0.2) is 0 Å². The van der Waals surface area contributed by atoms with Gasteiger partial charge in [-0.2, -0.15) is 0 Å². The number of hydrogen-bond donors (Lipinski definition) is 2. The Kier molecular flexibility index (Phi) is 4.97. The molecule has 0 heterocycles. The first-order chi connectivity index (χ1) is 7.95. The minimum atomic E-state index is -0.171. The summed E-state index contributed by atoms with van der Waals surface area (Å²) in [6.07, 6.45) is 0. The number of rotatable bonds is 4. The number of aryl methyl sites for hydroxylation is 1. The van der Waals surface area contributed by atoms with Gasteiger partial charge in [-0.15, -0.1) is 0 Å². The van der Waals surface area contributed by atoms with E-state index in [1.807, 2.05) is 32.9 Å². The molecule has 1 rings (SSSR count). The van der Waals surface area contributed by atoms with Crippen molar-refractivity contribution in [2.24, 2.45) is 17.6 Å². The van der Waals surface area contributed by atoms with Crippen molar-refractivity contribution in [3.63, 3.8) is 0 Å². The molecule has 94 valence electrons. The Morgan fingerprint density at radius 2 is 2.12 bits per heavy atom. The van der Waals surface area contributed by atoms with Crippen LogP contribution in [0.2, 0.25) is 5.02 Å². The Morgan fingerprint density at radius 3 is 2.59 bits per heavy atom. The molecule has 0 saturated carbocycles. The lowest BCUT2D eigenvalue weighted by molar-refractivity contribution is -0.120. The van der Waals surface area contributed by atoms with Crippen LogP contribution in [0.5, 0.6) is 0 Å². The summed E-state index contributed by atoms with van der Waals surface area (Å²) >= 11 is 6.00. The second-order valence-electron chi connectivity index (χ2n) is 4.54. The number of amides is 1. The number of carbonyl (C=O) groups excluding carboxylic acids is 1. The van der Waals surface area contributed by atoms with Gasteiger partial charge in [0.2, 0.25) is 5.91 Å². The number of carbonyl (C=O) groups is 1. The zero-order valence-electron chi connectivity index (χ0n) is 10.5. The van der Waals surface area contributed by atoms with Crippen LogP contribution >= 0.6 is 11.6 Å². The predicted molar refractivity (Wildman–Crippen MR) is 72.2 cm³/mol. The Balaban J connectivity index is 2.77. The fourth-order valence-electron chi connectivity index (χ4n) is 1.59. The van der Waals surface area contributed by atoms with Crippen molar-refractivity contribution in [2.75, 3.05) is 11.9 Å². The molecule has 3 N–H and O–H groups in total. The van der Waals surface area contributed by atoms with Crippen LogP contribution in [-0.2, 0) is 4.79 Å². The Morgan fingerprint density at radius 1 is 1.47 bits per heavy atom. The molecule has 0 radical (unpaired) electrons. The molecule has 0 aliphatic rings. The van der Waals surface area contributed by atoms with E-state index in [1.54, 1.807) is 6.07 Å². The van der Waals surface area contributed by atoms with Crippen LogP contribution in [-0.4, -0.2) is 12.5 Å². The molecule has 0 aromatic heterocycles. The van der Waals surface area contributed by atoms with Gasteiger partial charge >= 0.3 is 0 Å². The highest BCUT2D eigenvalue weighted by atomic mass is 35.5. The van der Waals surface area contributed by atoms with Crippen LogP contribution in [0.4, 0.5) is 5.69 Å². The molecule has 0 bridgehead atoms. The molecule has 1 aromatic carbocycles. The topological polar surface area (TPSA) is 55.1 Å². The first kappa shape index (κ1) is 14.0. The molecule has 1 amide bonds. The van der Waals surface area contributed by atoms with Crippen molar-refractivity contribution in [1.82, 2.24) is 0 Å². The Labute approximate surface area is 107 Å². The van der Waals surface area contributed by atoms with E-state index >= 15 is 0 Å². The van der Waals surface area contributed by atoms with E-state index in [9.17, 15) is 4.79 Å². The number of nitrogens with two attached hydrogens (primary N) is 1. The molecule has 0 aliphatic heterocycles. The van der Waals surface area contributed by atoms with E-state index in [0.717, 1.165) is 5.56 Å². The third-order valence-corrected chi connectivity index (χ3v) is 3.24. The van der Waals surface area contributed by atoms with Crippen molar-refractivity contribution < 1.29 is 4.79 Å². The quantitative estimate of drug-likeness (QED) is 0.868. The minimum Gasteiger partial charge on any atom is -0.330 e. The molecule has 0 aliphatic carbocycles. The van der Waals surface area contributed by atoms with Crippen LogP contribution in [0.15, 0.2) is 18.2 Å². The number of anilines is 1. The summed E-state index contributed by atoms with van der Waals surface area (Å²) in [5.74, 6) is -0.00146. The summed E-state index contributed by atoms with van der Waals surface area (Å²) in [5.41, 5.74) is 7.30. The number of halogens is 1. The second-order valence-corrected chi connectivity index (χ2v) is 4.95. The summed E-state index contributed by atoms with van der Waals surface area (Å²) in [6.45, 7) is 6.24. The van der Waals surface area contributed by atoms with Gasteiger partial charge in [-0.1, -0.05) is 31.5 Å². The van der Waals surface area contributed by atoms with Crippen molar-refractivity contribution in [1.29, 1.82) is 0 Å². The standard InChI is InChI=1S/C13H19ClN2O/c1-8(2)11(7-15)13(17)16-10-5-4-9(3)12(14)6-10/h4-6,8,11H,7,15H2,1-3H3,(H,16,17). The molecule has 1 atom stereocenters. The fourth-order valence-corrected chi connectivity index (χ4v) is 1.77. The van der Waals surface area contributed by atoms with Crippen molar-refractivity contribution in [3.05, 3.63) is 28.8 Å². The largest absolute Gasteiger partial charge is 0.330 e. The second kappa shape index (κ2) is 6.03. The van der Waals surface area contributed by atoms with Crippen LogP contribution in [0, 0.1) is 18.8 Å². The van der Waals surface area contributed by atoms with Gasteiger partial charge in [0, 0.05) is 17.3 Å². The summed E-state index contributed by atoms with van der Waals surface area (Å²) in [5, 5.41) is 3.49. The van der Waals surface area contributed by atoms with E-state index in [1.165, 1.54) is 0 Å². The third kappa shape index (κ3) is 3.72. The van der Waals surface area contributed by atoms with E-state index < -0.39 is 0 Å². The average Bonchev–Trinajstić information content (AvgIpc) is 2.24. The predicted octanol–water partition coefficient (Wildman–Crippen LogP) is 2.82. The van der Waals surface area contributed by atoms with E-state index in [2.05, 4.69) is 5.32 Å². The maximum atomic E-state index is 11.9. The molecule has 4 heteroatoms. The molecule has 0 saturated heterocycles. The van der Waals surface area contributed by atoms with Gasteiger partial charge in [0.1, 0.15) is 0 Å². The zero-order chi connectivity index (χ0) is 13.0. The minimum absolute atomic E-state index is 0.0533. The normalized spacial score (nSPS) is 12.6. The van der Waals surface area contributed by atoms with Gasteiger partial charge in [-0.25, -0.2) is 0 Å². The lowest BCUT2D eigenvalue weighted by Crippen LogP contribution is -2.33. The summed E-state index contributed by atoms with van der Waals surface area (Å²) in [4.78, 5) is 11.9. The van der Waals surface area contributed by atoms with Crippen molar-refractivity contribution in [2.45, 2.75) is 20.8 Å². The van der Waals surface area contributed by atoms with Gasteiger partial charge in [-0.05, 0) is 30.5 Å². The Bertz CT molecular complexity index is 404. The van der Waals surface area contributed by atoms with Gasteiger partial charge in [0.05, 0.1) is 5.92 Å². The molecule has 0 fully saturated rings. The van der Waals surface area contributed by atoms with E-state index in [-0.39, 0.29) is 17.7 Å². The molecule has 3 nitrogen and oxygen atoms in total. The van der Waals surface area contributed by atoms with Gasteiger partial charge in [-0.3, -0.25) is 4.79 Å². The monoisotopic (exact) mass is 254 g/mol. The maximum Gasteiger partial charge on any atom is 0.229 e. The summed E-state index contributed by atoms with van der Waals surface area (Å²) in [7, 11) is 0. The Hall–Kier alpha value is -1.06. The number of hydrogen-bond acceptors (Lipinski definition) is 2. The molecule has 1 aromatic rings. The lowest BCUT2D eigenvalue weighted by atomic mass is 9.95. The zero-order valence-corrected chi connectivity index (χ0v) is 11.2. The van der Waals surface area contributed by atoms with Gasteiger partial charge in [0.25, 0.3) is 0 Å². The van der Waals surface area contributed by atoms with Crippen molar-refractivity contribution in [3.8, 4) is 0 Å². The highest BCUT2D eigenvalue weighted by Crippen LogP contribution is 2.21. The molecular formula is C13H19ClN2O. The van der Waals surface area contributed by atoms with E-state index in [4.69, 9.17) is 17.3 Å². The first-order valence-corrected chi connectivity index (χ1v) is 6.10. The van der Waals surface area contributed by atoms with Gasteiger partial charge < -0.3 is 11.1 Å². The van der Waals surface area contributed by atoms with Crippen LogP contribution in [0.25, 0.3) is 0 Å². The fraction of sp³-hybridized carbons (Fsp3) is 0.462. The molecular weight excluding hydrogens is 236 g/mol. The average molecular weight is 255 g/mol. The van der Waals surface area contributed by atoms with Crippen LogP contribution < -0.4 is 11.1 Å².